The molecule has 0 aliphatic heterocycles. The summed E-state index contributed by atoms with van der Waals surface area (Å²) < 4.78 is 0. The molecule has 2 unspecified atom stereocenters. The van der Waals surface area contributed by atoms with Gasteiger partial charge in [0, 0.05) is 12.1 Å². The Hall–Kier alpha value is -0.570. The molecule has 1 saturated carbocycles. The van der Waals surface area contributed by atoms with Crippen molar-refractivity contribution in [2.75, 3.05) is 0 Å². The van der Waals surface area contributed by atoms with E-state index in [-0.39, 0.29) is 11.9 Å². The van der Waals surface area contributed by atoms with E-state index in [0.29, 0.717) is 12.1 Å². The van der Waals surface area contributed by atoms with Crippen LogP contribution in [0.15, 0.2) is 0 Å². The van der Waals surface area contributed by atoms with Gasteiger partial charge in [0.25, 0.3) is 0 Å². The molecule has 0 radical (unpaired) electrons. The number of hydrogen-bond donors (Lipinski definition) is 2. The molecule has 0 spiro atoms. The highest BCUT2D eigenvalue weighted by Gasteiger charge is 2.25. The van der Waals surface area contributed by atoms with Gasteiger partial charge in [0.2, 0.25) is 5.91 Å². The van der Waals surface area contributed by atoms with Crippen molar-refractivity contribution in [1.29, 1.82) is 0 Å². The summed E-state index contributed by atoms with van der Waals surface area (Å²) in [5.74, 6) is 0.149. The van der Waals surface area contributed by atoms with Crippen molar-refractivity contribution in [3.8, 4) is 0 Å². The van der Waals surface area contributed by atoms with E-state index in [0.717, 1.165) is 25.7 Å². The van der Waals surface area contributed by atoms with E-state index in [2.05, 4.69) is 24.5 Å². The molecule has 3 heteroatoms. The first-order valence-electron chi connectivity index (χ1n) is 5.70. The van der Waals surface area contributed by atoms with E-state index >= 15 is 0 Å². The monoisotopic (exact) mass is 198 g/mol. The molecule has 0 aromatic rings. The van der Waals surface area contributed by atoms with Crippen LogP contribution in [0.25, 0.3) is 0 Å². The second-order valence-corrected chi connectivity index (χ2v) is 4.36. The first kappa shape index (κ1) is 11.5. The Morgan fingerprint density at radius 2 is 2.07 bits per heavy atom. The molecule has 0 bridgehead atoms. The normalized spacial score (nSPS) is 20.2. The molecular formula is C11H22N2O. The van der Waals surface area contributed by atoms with Crippen molar-refractivity contribution in [2.45, 2.75) is 64.6 Å². The van der Waals surface area contributed by atoms with Gasteiger partial charge < -0.3 is 10.6 Å². The summed E-state index contributed by atoms with van der Waals surface area (Å²) >= 11 is 0. The van der Waals surface area contributed by atoms with Crippen LogP contribution in [0, 0.1) is 0 Å². The maximum Gasteiger partial charge on any atom is 0.237 e. The average Bonchev–Trinajstić information content (AvgIpc) is 2.88. The van der Waals surface area contributed by atoms with Crippen LogP contribution in [0.3, 0.4) is 0 Å². The highest BCUT2D eigenvalue weighted by molar-refractivity contribution is 5.81. The van der Waals surface area contributed by atoms with Gasteiger partial charge in [-0.05, 0) is 33.1 Å². The van der Waals surface area contributed by atoms with Gasteiger partial charge in [0.05, 0.1) is 6.04 Å². The van der Waals surface area contributed by atoms with Crippen molar-refractivity contribution in [3.05, 3.63) is 0 Å². The first-order valence-corrected chi connectivity index (χ1v) is 5.70. The Kier molecular flexibility index (Phi) is 4.39. The third-order valence-electron chi connectivity index (χ3n) is 2.57. The molecule has 0 heterocycles. The summed E-state index contributed by atoms with van der Waals surface area (Å²) in [6.45, 7) is 6.22. The topological polar surface area (TPSA) is 41.1 Å². The predicted octanol–water partition coefficient (Wildman–Crippen LogP) is 1.43. The number of hydrogen-bond acceptors (Lipinski definition) is 2. The third kappa shape index (κ3) is 4.09. The van der Waals surface area contributed by atoms with Crippen molar-refractivity contribution >= 4 is 5.91 Å². The molecule has 1 rings (SSSR count). The highest BCUT2D eigenvalue weighted by atomic mass is 16.2. The molecule has 0 aromatic heterocycles. The SMILES string of the molecule is CCCC(C)NC(C)C(=O)NC1CC1. The zero-order valence-corrected chi connectivity index (χ0v) is 9.47. The zero-order valence-electron chi connectivity index (χ0n) is 9.47. The standard InChI is InChI=1S/C11H22N2O/c1-4-5-8(2)12-9(3)11(14)13-10-6-7-10/h8-10,12H,4-7H2,1-3H3,(H,13,14). The van der Waals surface area contributed by atoms with Crippen LogP contribution in [0.4, 0.5) is 0 Å². The molecule has 82 valence electrons. The maximum absolute atomic E-state index is 11.6. The molecule has 1 fully saturated rings. The maximum atomic E-state index is 11.6. The summed E-state index contributed by atoms with van der Waals surface area (Å²) in [7, 11) is 0. The third-order valence-corrected chi connectivity index (χ3v) is 2.57. The summed E-state index contributed by atoms with van der Waals surface area (Å²) in [5, 5.41) is 6.30. The zero-order chi connectivity index (χ0) is 10.6. The minimum Gasteiger partial charge on any atom is -0.352 e. The van der Waals surface area contributed by atoms with Crippen LogP contribution in [0.2, 0.25) is 0 Å². The van der Waals surface area contributed by atoms with Crippen LogP contribution in [-0.2, 0) is 4.79 Å². The summed E-state index contributed by atoms with van der Waals surface area (Å²) in [6.07, 6.45) is 4.60. The molecule has 14 heavy (non-hydrogen) atoms. The van der Waals surface area contributed by atoms with Crippen LogP contribution in [-0.4, -0.2) is 24.0 Å². The first-order chi connectivity index (χ1) is 6.63. The Labute approximate surface area is 86.6 Å². The summed E-state index contributed by atoms with van der Waals surface area (Å²) in [5.41, 5.74) is 0. The molecule has 2 atom stereocenters. The lowest BCUT2D eigenvalue weighted by Crippen LogP contribution is -2.46. The van der Waals surface area contributed by atoms with Crippen molar-refractivity contribution < 1.29 is 4.79 Å². The van der Waals surface area contributed by atoms with Gasteiger partial charge in [-0.1, -0.05) is 13.3 Å². The van der Waals surface area contributed by atoms with Gasteiger partial charge in [0.15, 0.2) is 0 Å². The van der Waals surface area contributed by atoms with Crippen LogP contribution in [0.1, 0.15) is 46.5 Å². The minimum atomic E-state index is -0.0582. The minimum absolute atomic E-state index is 0.0582. The number of nitrogens with one attached hydrogen (secondary N) is 2. The number of carbonyl (C=O) groups is 1. The lowest BCUT2D eigenvalue weighted by atomic mass is 10.1. The van der Waals surface area contributed by atoms with Crippen LogP contribution < -0.4 is 10.6 Å². The Morgan fingerprint density at radius 3 is 2.57 bits per heavy atom. The Morgan fingerprint density at radius 1 is 1.43 bits per heavy atom. The van der Waals surface area contributed by atoms with E-state index in [9.17, 15) is 4.79 Å². The van der Waals surface area contributed by atoms with Crippen LogP contribution in [0.5, 0.6) is 0 Å². The van der Waals surface area contributed by atoms with E-state index < -0.39 is 0 Å². The fraction of sp³-hybridized carbons (Fsp3) is 0.909. The lowest BCUT2D eigenvalue weighted by Gasteiger charge is -2.18. The van der Waals surface area contributed by atoms with Crippen molar-refractivity contribution in [1.82, 2.24) is 10.6 Å². The molecule has 3 nitrogen and oxygen atoms in total. The fourth-order valence-corrected chi connectivity index (χ4v) is 1.57. The number of carbonyl (C=O) groups excluding carboxylic acids is 1. The Bertz CT molecular complexity index is 190. The van der Waals surface area contributed by atoms with Gasteiger partial charge in [-0.2, -0.15) is 0 Å². The number of amides is 1. The second-order valence-electron chi connectivity index (χ2n) is 4.36. The fourth-order valence-electron chi connectivity index (χ4n) is 1.57. The van der Waals surface area contributed by atoms with Crippen LogP contribution >= 0.6 is 0 Å². The van der Waals surface area contributed by atoms with Crippen molar-refractivity contribution in [2.24, 2.45) is 0 Å². The molecule has 1 aliphatic rings. The smallest absolute Gasteiger partial charge is 0.237 e. The highest BCUT2D eigenvalue weighted by Crippen LogP contribution is 2.18. The molecule has 1 aliphatic carbocycles. The largest absolute Gasteiger partial charge is 0.352 e. The van der Waals surface area contributed by atoms with Crippen molar-refractivity contribution in [3.63, 3.8) is 0 Å². The summed E-state index contributed by atoms with van der Waals surface area (Å²) in [6, 6.07) is 0.838. The lowest BCUT2D eigenvalue weighted by molar-refractivity contribution is -0.123. The Balaban J connectivity index is 2.17. The van der Waals surface area contributed by atoms with E-state index in [1.165, 1.54) is 0 Å². The number of rotatable bonds is 6. The quantitative estimate of drug-likeness (QED) is 0.678. The van der Waals surface area contributed by atoms with E-state index in [1.54, 1.807) is 0 Å². The van der Waals surface area contributed by atoms with E-state index in [4.69, 9.17) is 0 Å². The predicted molar refractivity (Wildman–Crippen MR) is 58.1 cm³/mol. The average molecular weight is 198 g/mol. The van der Waals surface area contributed by atoms with E-state index in [1.807, 2.05) is 6.92 Å². The second kappa shape index (κ2) is 5.35. The van der Waals surface area contributed by atoms with Gasteiger partial charge in [0.1, 0.15) is 0 Å². The molecule has 2 N–H and O–H groups in total. The van der Waals surface area contributed by atoms with Gasteiger partial charge in [-0.25, -0.2) is 0 Å². The van der Waals surface area contributed by atoms with Gasteiger partial charge in [-0.3, -0.25) is 4.79 Å². The van der Waals surface area contributed by atoms with Gasteiger partial charge >= 0.3 is 0 Å². The molecule has 1 amide bonds. The molecule has 0 aromatic carbocycles. The molecular weight excluding hydrogens is 176 g/mol. The summed E-state index contributed by atoms with van der Waals surface area (Å²) in [4.78, 5) is 11.6. The van der Waals surface area contributed by atoms with Gasteiger partial charge in [-0.15, -0.1) is 0 Å². The molecule has 0 saturated heterocycles.